The molecular formula is C22H15ClFN7O2. The van der Waals surface area contributed by atoms with E-state index < -0.39 is 11.5 Å². The van der Waals surface area contributed by atoms with Crippen molar-refractivity contribution in [1.82, 2.24) is 34.3 Å². The van der Waals surface area contributed by atoms with Gasteiger partial charge in [0, 0.05) is 23.0 Å². The number of aromatic nitrogens is 7. The first-order valence-corrected chi connectivity index (χ1v) is 10.1. The molecule has 0 saturated heterocycles. The Balaban J connectivity index is 1.73. The molecule has 0 atom stereocenters. The molecule has 11 heteroatoms. The van der Waals surface area contributed by atoms with Crippen LogP contribution in [0.3, 0.4) is 0 Å². The zero-order valence-electron chi connectivity index (χ0n) is 17.4. The maximum Gasteiger partial charge on any atom is 0.355 e. The fraction of sp³-hybridized carbons (Fsp3) is 0.0909. The number of hydrogen-bond donors (Lipinski definition) is 0. The zero-order chi connectivity index (χ0) is 23.1. The summed E-state index contributed by atoms with van der Waals surface area (Å²) in [6.45, 7) is 3.61. The van der Waals surface area contributed by atoms with Crippen LogP contribution in [0.5, 0.6) is 0 Å². The third kappa shape index (κ3) is 3.80. The number of halogens is 2. The lowest BCUT2D eigenvalue weighted by Crippen LogP contribution is -2.24. The van der Waals surface area contributed by atoms with Gasteiger partial charge in [-0.05, 0) is 44.2 Å². The van der Waals surface area contributed by atoms with Crippen molar-refractivity contribution in [2.45, 2.75) is 13.8 Å². The molecular weight excluding hydrogens is 449 g/mol. The maximum atomic E-state index is 14.2. The van der Waals surface area contributed by atoms with E-state index in [9.17, 15) is 9.18 Å². The molecule has 0 aliphatic carbocycles. The van der Waals surface area contributed by atoms with E-state index in [-0.39, 0.29) is 22.5 Å². The average Bonchev–Trinajstić information content (AvgIpc) is 3.47. The topological polar surface area (TPSA) is 105 Å². The lowest BCUT2D eigenvalue weighted by molar-refractivity contribution is 0.582. The molecule has 0 fully saturated rings. The van der Waals surface area contributed by atoms with Crippen LogP contribution in [-0.4, -0.2) is 34.3 Å². The van der Waals surface area contributed by atoms with Crippen LogP contribution in [-0.2, 0) is 0 Å². The highest BCUT2D eigenvalue weighted by molar-refractivity contribution is 6.30. The summed E-state index contributed by atoms with van der Waals surface area (Å²) in [6.07, 6.45) is 4.35. The molecule has 0 N–H and O–H groups in total. The van der Waals surface area contributed by atoms with Gasteiger partial charge in [0.1, 0.15) is 24.2 Å². The van der Waals surface area contributed by atoms with Crippen molar-refractivity contribution < 1.29 is 8.81 Å². The number of benzene rings is 1. The van der Waals surface area contributed by atoms with E-state index >= 15 is 0 Å². The van der Waals surface area contributed by atoms with Gasteiger partial charge in [0.15, 0.2) is 17.4 Å². The molecule has 1 aromatic carbocycles. The summed E-state index contributed by atoms with van der Waals surface area (Å²) >= 11 is 5.85. The van der Waals surface area contributed by atoms with E-state index in [1.165, 1.54) is 34.0 Å². The normalized spacial score (nSPS) is 11.2. The molecule has 5 aromatic rings. The highest BCUT2D eigenvalue weighted by atomic mass is 35.5. The third-order valence-electron chi connectivity index (χ3n) is 4.85. The molecule has 0 amide bonds. The second kappa shape index (κ2) is 8.06. The molecule has 4 aromatic heterocycles. The fourth-order valence-electron chi connectivity index (χ4n) is 3.31. The molecule has 9 nitrogen and oxygen atoms in total. The van der Waals surface area contributed by atoms with Crippen LogP contribution in [0.1, 0.15) is 11.3 Å². The van der Waals surface area contributed by atoms with Crippen LogP contribution >= 0.6 is 11.6 Å². The number of nitrogens with zero attached hydrogens (tertiary/aromatic N) is 7. The first-order chi connectivity index (χ1) is 15.9. The molecule has 5 rings (SSSR count). The average molecular weight is 464 g/mol. The van der Waals surface area contributed by atoms with E-state index in [1.807, 2.05) is 19.1 Å². The van der Waals surface area contributed by atoms with Crippen molar-refractivity contribution in [3.63, 3.8) is 0 Å². The lowest BCUT2D eigenvalue weighted by Gasteiger charge is -2.08. The largest absolute Gasteiger partial charge is 0.432 e. The van der Waals surface area contributed by atoms with Crippen LogP contribution in [0.25, 0.3) is 34.5 Å². The SMILES string of the molecule is Cc1cccc(-c2nc(-n3cc(C)c(-n4cncn4)nc3=O)c(-c3ccc(Cl)c(F)c3)o2)n1. The highest BCUT2D eigenvalue weighted by Crippen LogP contribution is 2.33. The van der Waals surface area contributed by atoms with Crippen LogP contribution in [0.15, 0.2) is 64.5 Å². The smallest absolute Gasteiger partial charge is 0.355 e. The van der Waals surface area contributed by atoms with E-state index in [4.69, 9.17) is 16.0 Å². The molecule has 0 bridgehead atoms. The van der Waals surface area contributed by atoms with E-state index in [0.717, 1.165) is 5.69 Å². The summed E-state index contributed by atoms with van der Waals surface area (Å²) in [5, 5.41) is 3.99. The highest BCUT2D eigenvalue weighted by Gasteiger charge is 2.22. The van der Waals surface area contributed by atoms with Gasteiger partial charge in [-0.3, -0.25) is 0 Å². The Bertz CT molecular complexity index is 1540. The Morgan fingerprint density at radius 2 is 1.91 bits per heavy atom. The summed E-state index contributed by atoms with van der Waals surface area (Å²) in [7, 11) is 0. The molecule has 164 valence electrons. The van der Waals surface area contributed by atoms with Gasteiger partial charge in [0.2, 0.25) is 5.89 Å². The van der Waals surface area contributed by atoms with Crippen molar-refractivity contribution >= 4 is 11.6 Å². The monoisotopic (exact) mass is 463 g/mol. The first-order valence-electron chi connectivity index (χ1n) is 9.76. The van der Waals surface area contributed by atoms with Gasteiger partial charge in [-0.1, -0.05) is 17.7 Å². The Morgan fingerprint density at radius 3 is 2.64 bits per heavy atom. The number of pyridine rings is 1. The maximum absolute atomic E-state index is 14.2. The Kier molecular flexibility index (Phi) is 5.06. The molecule has 0 radical (unpaired) electrons. The van der Waals surface area contributed by atoms with Crippen LogP contribution in [0, 0.1) is 19.7 Å². The van der Waals surface area contributed by atoms with Crippen molar-refractivity contribution in [1.29, 1.82) is 0 Å². The predicted molar refractivity (Wildman–Crippen MR) is 118 cm³/mol. The minimum Gasteiger partial charge on any atom is -0.432 e. The summed E-state index contributed by atoms with van der Waals surface area (Å²) in [4.78, 5) is 30.0. The van der Waals surface area contributed by atoms with Gasteiger partial charge >= 0.3 is 5.69 Å². The van der Waals surface area contributed by atoms with Crippen molar-refractivity contribution in [3.05, 3.63) is 87.8 Å². The Hall–Kier alpha value is -4.18. The van der Waals surface area contributed by atoms with Crippen molar-refractivity contribution in [3.8, 4) is 34.5 Å². The van der Waals surface area contributed by atoms with Gasteiger partial charge in [-0.2, -0.15) is 15.1 Å². The minimum atomic E-state index is -0.630. The Morgan fingerprint density at radius 1 is 1.06 bits per heavy atom. The van der Waals surface area contributed by atoms with Crippen molar-refractivity contribution in [2.24, 2.45) is 0 Å². The molecule has 0 aliphatic rings. The fourth-order valence-corrected chi connectivity index (χ4v) is 3.43. The van der Waals surface area contributed by atoms with E-state index in [0.29, 0.717) is 22.6 Å². The molecule has 0 unspecified atom stereocenters. The standard InChI is InChI=1S/C22H15ClFN7O2/c1-12-9-30(22(32)29-19(12)31-11-25-10-26-31)20-18(14-6-7-15(23)16(24)8-14)33-21(28-20)17-5-3-4-13(2)27-17/h3-11H,1-2H3. The zero-order valence-corrected chi connectivity index (χ0v) is 18.2. The molecule has 0 saturated carbocycles. The second-order valence-electron chi connectivity index (χ2n) is 7.20. The van der Waals surface area contributed by atoms with Crippen LogP contribution in [0.4, 0.5) is 4.39 Å². The number of rotatable bonds is 4. The van der Waals surface area contributed by atoms with Gasteiger partial charge in [0.05, 0.1) is 5.02 Å². The molecule has 33 heavy (non-hydrogen) atoms. The number of aryl methyl sites for hydroxylation is 2. The summed E-state index contributed by atoms with van der Waals surface area (Å²) in [5.41, 5.74) is 1.58. The summed E-state index contributed by atoms with van der Waals surface area (Å²) < 4.78 is 22.8. The summed E-state index contributed by atoms with van der Waals surface area (Å²) in [5.74, 6) is 0.178. The van der Waals surface area contributed by atoms with Gasteiger partial charge in [-0.25, -0.2) is 28.4 Å². The second-order valence-corrected chi connectivity index (χ2v) is 7.61. The number of oxazole rings is 1. The quantitative estimate of drug-likeness (QED) is 0.397. The first kappa shape index (κ1) is 20.7. The third-order valence-corrected chi connectivity index (χ3v) is 5.15. The van der Waals surface area contributed by atoms with Crippen molar-refractivity contribution in [2.75, 3.05) is 0 Å². The minimum absolute atomic E-state index is 0.0350. The van der Waals surface area contributed by atoms with E-state index in [1.54, 1.807) is 25.3 Å². The Labute approximate surface area is 191 Å². The van der Waals surface area contributed by atoms with E-state index in [2.05, 4.69) is 25.0 Å². The van der Waals surface area contributed by atoms with Crippen LogP contribution < -0.4 is 5.69 Å². The van der Waals surface area contributed by atoms with Gasteiger partial charge in [0.25, 0.3) is 0 Å². The van der Waals surface area contributed by atoms with Crippen LogP contribution in [0.2, 0.25) is 5.02 Å². The summed E-state index contributed by atoms with van der Waals surface area (Å²) in [6, 6.07) is 9.59. The van der Waals surface area contributed by atoms with Gasteiger partial charge < -0.3 is 4.42 Å². The predicted octanol–water partition coefficient (Wildman–Crippen LogP) is 3.94. The number of hydrogen-bond acceptors (Lipinski definition) is 7. The lowest BCUT2D eigenvalue weighted by atomic mass is 10.1. The molecule has 0 spiro atoms. The van der Waals surface area contributed by atoms with Gasteiger partial charge in [-0.15, -0.1) is 0 Å². The molecule has 0 aliphatic heterocycles. The molecule has 4 heterocycles.